The predicted octanol–water partition coefficient (Wildman–Crippen LogP) is 4.84. The third-order valence-corrected chi connectivity index (χ3v) is 6.22. The summed E-state index contributed by atoms with van der Waals surface area (Å²) < 4.78 is 14.1. The zero-order chi connectivity index (χ0) is 22.4. The van der Waals surface area contributed by atoms with E-state index in [1.54, 1.807) is 7.11 Å². The average Bonchev–Trinajstić information content (AvgIpc) is 3.15. The number of carbonyl (C=O) groups is 1. The molecule has 0 aliphatic heterocycles. The number of anilines is 1. The maximum atomic E-state index is 12.5. The van der Waals surface area contributed by atoms with E-state index >= 15 is 0 Å². The van der Waals surface area contributed by atoms with Crippen molar-refractivity contribution in [1.29, 1.82) is 0 Å². The van der Waals surface area contributed by atoms with Gasteiger partial charge in [-0.1, -0.05) is 11.8 Å². The lowest BCUT2D eigenvalue weighted by Crippen LogP contribution is -2.16. The molecule has 164 valence electrons. The Morgan fingerprint density at radius 3 is 2.39 bits per heavy atom. The molecule has 0 unspecified atom stereocenters. The molecule has 0 saturated heterocycles. The fraction of sp³-hybridized carbons (Fsp3) is 0.318. The second-order valence-corrected chi connectivity index (χ2v) is 9.05. The number of methoxy groups -OCH3 is 1. The minimum Gasteiger partial charge on any atom is -0.497 e. The molecule has 0 radical (unpaired) electrons. The van der Waals surface area contributed by atoms with Crippen molar-refractivity contribution < 1.29 is 14.3 Å². The van der Waals surface area contributed by atoms with Gasteiger partial charge in [0.05, 0.1) is 12.9 Å². The molecule has 7 nitrogen and oxygen atoms in total. The third kappa shape index (κ3) is 6.13. The monoisotopic (exact) mass is 552 g/mol. The molecule has 1 amide bonds. The first kappa shape index (κ1) is 23.4. The second kappa shape index (κ2) is 10.9. The van der Waals surface area contributed by atoms with E-state index in [4.69, 9.17) is 9.47 Å². The molecular weight excluding hydrogens is 527 g/mol. The molecule has 0 aliphatic carbocycles. The van der Waals surface area contributed by atoms with Crippen LogP contribution in [0.4, 0.5) is 5.69 Å². The summed E-state index contributed by atoms with van der Waals surface area (Å²) in [5, 5.41) is 12.2. The highest BCUT2D eigenvalue weighted by Crippen LogP contribution is 2.24. The second-order valence-electron chi connectivity index (χ2n) is 6.86. The SMILES string of the molecule is CCn1c(COc2ccc(OC)cc2)nnc1SCC(=O)Nc1c(C)cc(I)cc1C. The van der Waals surface area contributed by atoms with Gasteiger partial charge in [0.2, 0.25) is 5.91 Å². The molecule has 0 fully saturated rings. The van der Waals surface area contributed by atoms with E-state index < -0.39 is 0 Å². The molecule has 1 N–H and O–H groups in total. The van der Waals surface area contributed by atoms with Gasteiger partial charge in [-0.2, -0.15) is 0 Å². The molecule has 1 heterocycles. The van der Waals surface area contributed by atoms with Crippen LogP contribution in [0.3, 0.4) is 0 Å². The van der Waals surface area contributed by atoms with E-state index in [1.807, 2.05) is 49.6 Å². The van der Waals surface area contributed by atoms with E-state index in [0.717, 1.165) is 31.9 Å². The lowest BCUT2D eigenvalue weighted by molar-refractivity contribution is -0.113. The van der Waals surface area contributed by atoms with E-state index in [9.17, 15) is 4.79 Å². The number of thioether (sulfide) groups is 1. The largest absolute Gasteiger partial charge is 0.497 e. The van der Waals surface area contributed by atoms with Crippen molar-refractivity contribution in [2.75, 3.05) is 18.2 Å². The Morgan fingerprint density at radius 2 is 1.77 bits per heavy atom. The minimum atomic E-state index is -0.0703. The number of hydrogen-bond donors (Lipinski definition) is 1. The summed E-state index contributed by atoms with van der Waals surface area (Å²) in [5.74, 6) is 2.40. The Hall–Kier alpha value is -2.27. The maximum Gasteiger partial charge on any atom is 0.234 e. The van der Waals surface area contributed by atoms with Crippen LogP contribution in [0.25, 0.3) is 0 Å². The zero-order valence-electron chi connectivity index (χ0n) is 17.9. The van der Waals surface area contributed by atoms with Gasteiger partial charge in [-0.25, -0.2) is 0 Å². The topological polar surface area (TPSA) is 78.3 Å². The number of nitrogens with one attached hydrogen (secondary N) is 1. The first-order chi connectivity index (χ1) is 14.9. The normalized spacial score (nSPS) is 10.7. The van der Waals surface area contributed by atoms with Crippen LogP contribution in [0, 0.1) is 17.4 Å². The zero-order valence-corrected chi connectivity index (χ0v) is 20.9. The summed E-state index contributed by atoms with van der Waals surface area (Å²) in [6, 6.07) is 11.5. The van der Waals surface area contributed by atoms with E-state index in [2.05, 4.69) is 50.2 Å². The van der Waals surface area contributed by atoms with Crippen molar-refractivity contribution in [2.45, 2.75) is 39.1 Å². The van der Waals surface area contributed by atoms with Crippen molar-refractivity contribution in [3.05, 3.63) is 56.9 Å². The van der Waals surface area contributed by atoms with E-state index in [1.165, 1.54) is 11.8 Å². The lowest BCUT2D eigenvalue weighted by Gasteiger charge is -2.12. The van der Waals surface area contributed by atoms with E-state index in [0.29, 0.717) is 24.1 Å². The molecule has 0 atom stereocenters. The summed E-state index contributed by atoms with van der Waals surface area (Å²) in [5.41, 5.74) is 2.98. The highest BCUT2D eigenvalue weighted by Gasteiger charge is 2.15. The molecule has 9 heteroatoms. The van der Waals surface area contributed by atoms with Crippen molar-refractivity contribution in [1.82, 2.24) is 14.8 Å². The molecule has 1 aromatic heterocycles. The molecule has 0 saturated carbocycles. The summed E-state index contributed by atoms with van der Waals surface area (Å²) in [6.07, 6.45) is 0. The van der Waals surface area contributed by atoms with Crippen molar-refractivity contribution in [3.8, 4) is 11.5 Å². The molecule has 2 aromatic carbocycles. The number of ether oxygens (including phenoxy) is 2. The summed E-state index contributed by atoms with van der Waals surface area (Å²) >= 11 is 3.64. The molecule has 0 aliphatic rings. The Kier molecular flexibility index (Phi) is 8.19. The average molecular weight is 552 g/mol. The minimum absolute atomic E-state index is 0.0703. The molecule has 31 heavy (non-hydrogen) atoms. The summed E-state index contributed by atoms with van der Waals surface area (Å²) in [6.45, 7) is 7.00. The Morgan fingerprint density at radius 1 is 1.13 bits per heavy atom. The van der Waals surface area contributed by atoms with Crippen LogP contribution < -0.4 is 14.8 Å². The molecule has 0 spiro atoms. The van der Waals surface area contributed by atoms with Crippen LogP contribution in [0.5, 0.6) is 11.5 Å². The fourth-order valence-corrected chi connectivity index (χ4v) is 4.84. The number of halogens is 1. The number of amides is 1. The number of nitrogens with zero attached hydrogens (tertiary/aromatic N) is 3. The number of carbonyl (C=O) groups excluding carboxylic acids is 1. The molecule has 3 rings (SSSR count). The van der Waals surface area contributed by atoms with Crippen LogP contribution in [0.15, 0.2) is 41.6 Å². The predicted molar refractivity (Wildman–Crippen MR) is 131 cm³/mol. The van der Waals surface area contributed by atoms with Crippen molar-refractivity contribution >= 4 is 45.9 Å². The maximum absolute atomic E-state index is 12.5. The van der Waals surface area contributed by atoms with Crippen LogP contribution in [-0.4, -0.2) is 33.5 Å². The van der Waals surface area contributed by atoms with Crippen LogP contribution in [-0.2, 0) is 17.9 Å². The fourth-order valence-electron chi connectivity index (χ4n) is 3.08. The highest BCUT2D eigenvalue weighted by molar-refractivity contribution is 14.1. The van der Waals surface area contributed by atoms with Crippen molar-refractivity contribution in [2.24, 2.45) is 0 Å². The number of aryl methyl sites for hydroxylation is 2. The summed E-state index contributed by atoms with van der Waals surface area (Å²) in [7, 11) is 1.63. The van der Waals surface area contributed by atoms with Gasteiger partial charge in [0, 0.05) is 15.8 Å². The van der Waals surface area contributed by atoms with Crippen molar-refractivity contribution in [3.63, 3.8) is 0 Å². The Labute approximate surface area is 200 Å². The van der Waals surface area contributed by atoms with Crippen LogP contribution in [0.1, 0.15) is 23.9 Å². The van der Waals surface area contributed by atoms with Crippen LogP contribution in [0.2, 0.25) is 0 Å². The highest BCUT2D eigenvalue weighted by atomic mass is 127. The van der Waals surface area contributed by atoms with Gasteiger partial charge in [0.25, 0.3) is 0 Å². The number of hydrogen-bond acceptors (Lipinski definition) is 6. The first-order valence-electron chi connectivity index (χ1n) is 9.79. The van der Waals surface area contributed by atoms with Gasteiger partial charge in [0.1, 0.15) is 18.1 Å². The first-order valence-corrected chi connectivity index (χ1v) is 11.9. The number of benzene rings is 2. The van der Waals surface area contributed by atoms with Gasteiger partial charge < -0.3 is 19.4 Å². The molecule has 3 aromatic rings. The number of aromatic nitrogens is 3. The van der Waals surface area contributed by atoms with Gasteiger partial charge in [-0.15, -0.1) is 10.2 Å². The Balaban J connectivity index is 1.59. The van der Waals surface area contributed by atoms with Gasteiger partial charge in [0.15, 0.2) is 11.0 Å². The van der Waals surface area contributed by atoms with Gasteiger partial charge in [-0.3, -0.25) is 4.79 Å². The quantitative estimate of drug-likeness (QED) is 0.303. The Bertz CT molecular complexity index is 1030. The van der Waals surface area contributed by atoms with Gasteiger partial charge in [-0.05, 0) is 90.9 Å². The standard InChI is InChI=1S/C22H25IN4O3S/c1-5-27-19(12-30-18-8-6-17(29-4)7-9-18)25-26-22(27)31-13-20(28)24-21-14(2)10-16(23)11-15(21)3/h6-11H,5,12-13H2,1-4H3,(H,24,28). The van der Waals surface area contributed by atoms with E-state index in [-0.39, 0.29) is 11.7 Å². The summed E-state index contributed by atoms with van der Waals surface area (Å²) in [4.78, 5) is 12.5. The smallest absolute Gasteiger partial charge is 0.234 e. The molecule has 0 bridgehead atoms. The number of rotatable bonds is 9. The molecular formula is C22H25IN4O3S. The third-order valence-electron chi connectivity index (χ3n) is 4.63. The van der Waals surface area contributed by atoms with Gasteiger partial charge >= 0.3 is 0 Å². The lowest BCUT2D eigenvalue weighted by atomic mass is 10.1. The van der Waals surface area contributed by atoms with Crippen LogP contribution >= 0.6 is 34.4 Å².